The predicted octanol–water partition coefficient (Wildman–Crippen LogP) is 4.22. The molecular weight excluding hydrogens is 244 g/mol. The zero-order valence-corrected chi connectivity index (χ0v) is 12.1. The molecule has 0 heterocycles. The van der Waals surface area contributed by atoms with Gasteiger partial charge in [-0.25, -0.2) is 0 Å². The summed E-state index contributed by atoms with van der Waals surface area (Å²) < 4.78 is 0. The fraction of sp³-hybridized carbons (Fsp3) is 0.333. The van der Waals surface area contributed by atoms with Gasteiger partial charge in [0.15, 0.2) is 0 Å². The van der Waals surface area contributed by atoms with E-state index in [0.717, 1.165) is 12.2 Å². The Labute approximate surface area is 121 Å². The molecule has 0 saturated heterocycles. The Morgan fingerprint density at radius 1 is 0.900 bits per heavy atom. The average Bonchev–Trinajstić information content (AvgIpc) is 2.53. The lowest BCUT2D eigenvalue weighted by atomic mass is 9.91. The van der Waals surface area contributed by atoms with Gasteiger partial charge in [0.2, 0.25) is 0 Å². The molecule has 1 aliphatic rings. The molecule has 20 heavy (non-hydrogen) atoms. The van der Waals surface area contributed by atoms with Crippen molar-refractivity contribution in [3.63, 3.8) is 0 Å². The number of rotatable bonds is 4. The van der Waals surface area contributed by atoms with Crippen molar-refractivity contribution >= 4 is 11.4 Å². The first kappa shape index (κ1) is 13.0. The number of benzene rings is 2. The highest BCUT2D eigenvalue weighted by molar-refractivity contribution is 5.51. The Bertz CT molecular complexity index is 590. The maximum atomic E-state index is 3.53. The maximum Gasteiger partial charge on any atom is 0.0401 e. The van der Waals surface area contributed by atoms with Gasteiger partial charge >= 0.3 is 0 Å². The lowest BCUT2D eigenvalue weighted by Crippen LogP contribution is -2.05. The van der Waals surface area contributed by atoms with Gasteiger partial charge < -0.3 is 10.6 Å². The van der Waals surface area contributed by atoms with E-state index >= 15 is 0 Å². The largest absolute Gasteiger partial charge is 0.388 e. The molecule has 0 spiro atoms. The number of aryl methyl sites for hydroxylation is 2. The van der Waals surface area contributed by atoms with E-state index < -0.39 is 0 Å². The third-order valence-corrected chi connectivity index (χ3v) is 4.06. The topological polar surface area (TPSA) is 24.1 Å². The molecule has 0 amide bonds. The summed E-state index contributed by atoms with van der Waals surface area (Å²) >= 11 is 0. The highest BCUT2D eigenvalue weighted by atomic mass is 14.9. The van der Waals surface area contributed by atoms with Gasteiger partial charge in [-0.1, -0.05) is 18.2 Å². The van der Waals surface area contributed by atoms with Gasteiger partial charge in [-0.2, -0.15) is 0 Å². The van der Waals surface area contributed by atoms with Crippen molar-refractivity contribution in [1.82, 2.24) is 0 Å². The standard InChI is InChI=1S/C18H22N2/c1-19-17-8-4-5-14(11-17)13-20-18-10-9-15-6-2-3-7-16(15)12-18/h4-5,8-12,19-20H,2-3,6-7,13H2,1H3. The van der Waals surface area contributed by atoms with Gasteiger partial charge in [0, 0.05) is 25.0 Å². The summed E-state index contributed by atoms with van der Waals surface area (Å²) in [5.41, 5.74) is 6.77. The second-order valence-corrected chi connectivity index (χ2v) is 5.49. The van der Waals surface area contributed by atoms with Crippen LogP contribution >= 0.6 is 0 Å². The van der Waals surface area contributed by atoms with Gasteiger partial charge in [-0.05, 0) is 66.6 Å². The molecule has 0 aromatic heterocycles. The van der Waals surface area contributed by atoms with E-state index in [-0.39, 0.29) is 0 Å². The Balaban J connectivity index is 1.68. The Hall–Kier alpha value is -1.96. The van der Waals surface area contributed by atoms with Gasteiger partial charge in [0.05, 0.1) is 0 Å². The zero-order chi connectivity index (χ0) is 13.8. The number of hydrogen-bond acceptors (Lipinski definition) is 2. The van der Waals surface area contributed by atoms with Crippen molar-refractivity contribution in [2.75, 3.05) is 17.7 Å². The quantitative estimate of drug-likeness (QED) is 0.866. The minimum Gasteiger partial charge on any atom is -0.388 e. The fourth-order valence-electron chi connectivity index (χ4n) is 2.88. The third kappa shape index (κ3) is 2.96. The second-order valence-electron chi connectivity index (χ2n) is 5.49. The minimum absolute atomic E-state index is 0.869. The summed E-state index contributed by atoms with van der Waals surface area (Å²) in [5, 5.41) is 6.71. The lowest BCUT2D eigenvalue weighted by molar-refractivity contribution is 0.686. The molecule has 0 radical (unpaired) electrons. The molecule has 2 N–H and O–H groups in total. The monoisotopic (exact) mass is 266 g/mol. The SMILES string of the molecule is CNc1cccc(CNc2ccc3c(c2)CCCC3)c1. The number of hydrogen-bond donors (Lipinski definition) is 2. The fourth-order valence-corrected chi connectivity index (χ4v) is 2.88. The highest BCUT2D eigenvalue weighted by Crippen LogP contribution is 2.24. The molecule has 2 nitrogen and oxygen atoms in total. The number of anilines is 2. The molecule has 2 aromatic rings. The van der Waals surface area contributed by atoms with Crippen LogP contribution in [0.1, 0.15) is 29.5 Å². The van der Waals surface area contributed by atoms with E-state index in [1.165, 1.54) is 42.5 Å². The summed E-state index contributed by atoms with van der Waals surface area (Å²) in [6.07, 6.45) is 5.16. The van der Waals surface area contributed by atoms with Crippen LogP contribution in [0.15, 0.2) is 42.5 Å². The van der Waals surface area contributed by atoms with E-state index in [0.29, 0.717) is 0 Å². The number of fused-ring (bicyclic) bond motifs is 1. The summed E-state index contributed by atoms with van der Waals surface area (Å²) in [7, 11) is 1.95. The minimum atomic E-state index is 0.869. The molecule has 0 atom stereocenters. The van der Waals surface area contributed by atoms with Gasteiger partial charge in [0.1, 0.15) is 0 Å². The van der Waals surface area contributed by atoms with Gasteiger partial charge in [-0.15, -0.1) is 0 Å². The molecule has 1 aliphatic carbocycles. The van der Waals surface area contributed by atoms with E-state index in [1.54, 1.807) is 5.56 Å². The van der Waals surface area contributed by atoms with Crippen molar-refractivity contribution in [2.45, 2.75) is 32.2 Å². The molecule has 0 aliphatic heterocycles. The molecule has 0 bridgehead atoms. The summed E-state index contributed by atoms with van der Waals surface area (Å²) in [6.45, 7) is 0.869. The molecular formula is C18H22N2. The van der Waals surface area contributed by atoms with Crippen LogP contribution in [0.4, 0.5) is 11.4 Å². The van der Waals surface area contributed by atoms with E-state index in [1.807, 2.05) is 7.05 Å². The summed E-state index contributed by atoms with van der Waals surface area (Å²) in [5.74, 6) is 0. The van der Waals surface area contributed by atoms with Gasteiger partial charge in [0.25, 0.3) is 0 Å². The van der Waals surface area contributed by atoms with Crippen LogP contribution < -0.4 is 10.6 Å². The van der Waals surface area contributed by atoms with Crippen molar-refractivity contribution < 1.29 is 0 Å². The van der Waals surface area contributed by atoms with Crippen LogP contribution in [-0.4, -0.2) is 7.05 Å². The third-order valence-electron chi connectivity index (χ3n) is 4.06. The van der Waals surface area contributed by atoms with E-state index in [4.69, 9.17) is 0 Å². The van der Waals surface area contributed by atoms with E-state index in [9.17, 15) is 0 Å². The Kier molecular flexibility index (Phi) is 3.91. The molecule has 0 saturated carbocycles. The normalized spacial score (nSPS) is 13.7. The van der Waals surface area contributed by atoms with Crippen LogP contribution in [0, 0.1) is 0 Å². The molecule has 2 aromatic carbocycles. The first-order valence-electron chi connectivity index (χ1n) is 7.47. The molecule has 2 heteroatoms. The Morgan fingerprint density at radius 2 is 1.75 bits per heavy atom. The van der Waals surface area contributed by atoms with Crippen molar-refractivity contribution in [3.05, 3.63) is 59.2 Å². The average molecular weight is 266 g/mol. The van der Waals surface area contributed by atoms with Crippen molar-refractivity contribution in [3.8, 4) is 0 Å². The molecule has 0 fully saturated rings. The predicted molar refractivity (Wildman–Crippen MR) is 86.4 cm³/mol. The smallest absolute Gasteiger partial charge is 0.0401 e. The van der Waals surface area contributed by atoms with Gasteiger partial charge in [-0.3, -0.25) is 0 Å². The van der Waals surface area contributed by atoms with Crippen LogP contribution in [-0.2, 0) is 19.4 Å². The van der Waals surface area contributed by atoms with Crippen molar-refractivity contribution in [1.29, 1.82) is 0 Å². The first-order valence-corrected chi connectivity index (χ1v) is 7.47. The van der Waals surface area contributed by atoms with Crippen LogP contribution in [0.5, 0.6) is 0 Å². The van der Waals surface area contributed by atoms with Crippen LogP contribution in [0.25, 0.3) is 0 Å². The highest BCUT2D eigenvalue weighted by Gasteiger charge is 2.09. The molecule has 0 unspecified atom stereocenters. The van der Waals surface area contributed by atoms with Crippen LogP contribution in [0.3, 0.4) is 0 Å². The second kappa shape index (κ2) is 6.00. The summed E-state index contributed by atoms with van der Waals surface area (Å²) in [4.78, 5) is 0. The Morgan fingerprint density at radius 3 is 2.60 bits per heavy atom. The molecule has 104 valence electrons. The molecule has 3 rings (SSSR count). The van der Waals surface area contributed by atoms with E-state index in [2.05, 4.69) is 53.1 Å². The zero-order valence-electron chi connectivity index (χ0n) is 12.1. The summed E-state index contributed by atoms with van der Waals surface area (Å²) in [6, 6.07) is 15.4. The van der Waals surface area contributed by atoms with Crippen molar-refractivity contribution in [2.24, 2.45) is 0 Å². The maximum absolute atomic E-state index is 3.53. The lowest BCUT2D eigenvalue weighted by Gasteiger charge is -2.17. The first-order chi connectivity index (χ1) is 9.85. The number of nitrogens with one attached hydrogen (secondary N) is 2. The van der Waals surface area contributed by atoms with Crippen LogP contribution in [0.2, 0.25) is 0 Å².